The van der Waals surface area contributed by atoms with E-state index in [2.05, 4.69) is 25.8 Å². The molecule has 2 rings (SSSR count). The van der Waals surface area contributed by atoms with Crippen molar-refractivity contribution in [3.05, 3.63) is 40.3 Å². The highest BCUT2D eigenvalue weighted by atomic mass is 35.5. The first-order valence-electron chi connectivity index (χ1n) is 5.56. The second-order valence-corrected chi connectivity index (χ2v) is 5.75. The van der Waals surface area contributed by atoms with Crippen LogP contribution in [0.3, 0.4) is 0 Å². The Labute approximate surface area is 106 Å². The van der Waals surface area contributed by atoms with E-state index in [0.717, 1.165) is 16.5 Å². The van der Waals surface area contributed by atoms with Gasteiger partial charge in [-0.3, -0.25) is 0 Å². The van der Waals surface area contributed by atoms with E-state index in [9.17, 15) is 4.39 Å². The Hall–Kier alpha value is -1.15. The van der Waals surface area contributed by atoms with E-state index in [1.807, 2.05) is 19.1 Å². The van der Waals surface area contributed by atoms with E-state index in [0.29, 0.717) is 10.7 Å². The minimum Gasteiger partial charge on any atom is -0.233 e. The summed E-state index contributed by atoms with van der Waals surface area (Å²) in [5, 5.41) is 1.18. The molecule has 90 valence electrons. The monoisotopic (exact) mass is 251 g/mol. The number of hydrogen-bond acceptors (Lipinski definition) is 1. The van der Waals surface area contributed by atoms with Gasteiger partial charge in [-0.1, -0.05) is 32.4 Å². The number of halogens is 2. The lowest BCUT2D eigenvalue weighted by atomic mass is 9.87. The van der Waals surface area contributed by atoms with Gasteiger partial charge in [-0.15, -0.1) is 0 Å². The van der Waals surface area contributed by atoms with Crippen molar-refractivity contribution in [1.29, 1.82) is 0 Å². The lowest BCUT2D eigenvalue weighted by molar-refractivity contribution is 0.588. The molecule has 2 aromatic rings. The number of aryl methyl sites for hydroxylation is 1. The molecule has 0 N–H and O–H groups in total. The third-order valence-electron chi connectivity index (χ3n) is 2.78. The number of benzene rings is 1. The van der Waals surface area contributed by atoms with E-state index < -0.39 is 0 Å². The quantitative estimate of drug-likeness (QED) is 0.622. The van der Waals surface area contributed by atoms with Crippen LogP contribution in [0.25, 0.3) is 10.9 Å². The average molecular weight is 252 g/mol. The van der Waals surface area contributed by atoms with E-state index in [1.54, 1.807) is 0 Å². The molecule has 0 aliphatic rings. The van der Waals surface area contributed by atoms with Crippen LogP contribution in [0.15, 0.2) is 18.2 Å². The van der Waals surface area contributed by atoms with Crippen LogP contribution in [0.5, 0.6) is 0 Å². The molecular weight excluding hydrogens is 237 g/mol. The Balaban J connectivity index is 2.81. The van der Waals surface area contributed by atoms with Gasteiger partial charge in [-0.05, 0) is 41.7 Å². The maximum atomic E-state index is 13.7. The van der Waals surface area contributed by atoms with Crippen molar-refractivity contribution in [3.63, 3.8) is 0 Å². The second-order valence-electron chi connectivity index (χ2n) is 5.40. The number of nitrogens with zero attached hydrogens (tertiary/aromatic N) is 1. The molecule has 0 saturated carbocycles. The van der Waals surface area contributed by atoms with Gasteiger partial charge in [-0.25, -0.2) is 9.37 Å². The van der Waals surface area contributed by atoms with Crippen LogP contribution in [0.2, 0.25) is 5.15 Å². The second kappa shape index (κ2) is 3.95. The zero-order valence-electron chi connectivity index (χ0n) is 10.4. The zero-order chi connectivity index (χ0) is 12.8. The van der Waals surface area contributed by atoms with Crippen LogP contribution in [-0.2, 0) is 5.41 Å². The summed E-state index contributed by atoms with van der Waals surface area (Å²) in [7, 11) is 0. The van der Waals surface area contributed by atoms with E-state index in [-0.39, 0.29) is 11.2 Å². The first-order valence-corrected chi connectivity index (χ1v) is 5.94. The lowest BCUT2D eigenvalue weighted by Gasteiger charge is -2.20. The fourth-order valence-electron chi connectivity index (χ4n) is 1.89. The number of aromatic nitrogens is 1. The molecule has 0 aliphatic heterocycles. The lowest BCUT2D eigenvalue weighted by Crippen LogP contribution is -2.12. The van der Waals surface area contributed by atoms with Crippen LogP contribution < -0.4 is 0 Å². The first kappa shape index (κ1) is 12.3. The predicted molar refractivity (Wildman–Crippen MR) is 70.1 cm³/mol. The molecule has 0 spiro atoms. The van der Waals surface area contributed by atoms with Crippen LogP contribution in [0.4, 0.5) is 4.39 Å². The van der Waals surface area contributed by atoms with Crippen LogP contribution in [-0.4, -0.2) is 4.98 Å². The van der Waals surface area contributed by atoms with Gasteiger partial charge in [0.2, 0.25) is 0 Å². The van der Waals surface area contributed by atoms with E-state index >= 15 is 0 Å². The highest BCUT2D eigenvalue weighted by Gasteiger charge is 2.19. The zero-order valence-corrected chi connectivity index (χ0v) is 11.2. The molecule has 1 nitrogen and oxygen atoms in total. The maximum absolute atomic E-state index is 13.7. The third kappa shape index (κ3) is 2.27. The molecule has 1 aromatic heterocycles. The van der Waals surface area contributed by atoms with Gasteiger partial charge < -0.3 is 0 Å². The Morgan fingerprint density at radius 2 is 1.82 bits per heavy atom. The molecule has 17 heavy (non-hydrogen) atoms. The summed E-state index contributed by atoms with van der Waals surface area (Å²) < 4.78 is 13.7. The molecule has 1 heterocycles. The van der Waals surface area contributed by atoms with Crippen LogP contribution in [0.1, 0.15) is 31.9 Å². The molecule has 0 bridgehead atoms. The van der Waals surface area contributed by atoms with Crippen molar-refractivity contribution in [1.82, 2.24) is 4.98 Å². The predicted octanol–water partition coefficient (Wildman–Crippen LogP) is 4.63. The Kier molecular flexibility index (Phi) is 2.86. The molecule has 0 amide bonds. The maximum Gasteiger partial charge on any atom is 0.149 e. The molecule has 0 unspecified atom stereocenters. The van der Waals surface area contributed by atoms with Gasteiger partial charge >= 0.3 is 0 Å². The van der Waals surface area contributed by atoms with Crippen molar-refractivity contribution < 1.29 is 4.39 Å². The first-order chi connectivity index (χ1) is 7.79. The van der Waals surface area contributed by atoms with Gasteiger partial charge in [-0.2, -0.15) is 0 Å². The third-order valence-corrected chi connectivity index (χ3v) is 3.07. The highest BCUT2D eigenvalue weighted by molar-refractivity contribution is 6.30. The van der Waals surface area contributed by atoms with E-state index in [1.165, 1.54) is 6.07 Å². The topological polar surface area (TPSA) is 12.9 Å². The summed E-state index contributed by atoms with van der Waals surface area (Å²) in [6.07, 6.45) is 0. The Morgan fingerprint density at radius 1 is 1.18 bits per heavy atom. The Bertz CT molecular complexity index is 585. The smallest absolute Gasteiger partial charge is 0.149 e. The molecule has 0 saturated heterocycles. The minimum atomic E-state index is -0.317. The fraction of sp³-hybridized carbons (Fsp3) is 0.357. The molecule has 0 aliphatic carbocycles. The van der Waals surface area contributed by atoms with Crippen molar-refractivity contribution >= 4 is 22.5 Å². The van der Waals surface area contributed by atoms with Gasteiger partial charge in [0, 0.05) is 5.39 Å². The molecule has 0 fully saturated rings. The summed E-state index contributed by atoms with van der Waals surface area (Å²) in [6, 6.07) is 5.33. The van der Waals surface area contributed by atoms with Gasteiger partial charge in [0.15, 0.2) is 0 Å². The number of fused-ring (bicyclic) bond motifs is 1. The number of hydrogen-bond donors (Lipinski definition) is 0. The van der Waals surface area contributed by atoms with E-state index in [4.69, 9.17) is 11.6 Å². The van der Waals surface area contributed by atoms with Crippen LogP contribution >= 0.6 is 11.6 Å². The van der Waals surface area contributed by atoms with Crippen molar-refractivity contribution in [3.8, 4) is 0 Å². The SMILES string of the molecule is Cc1cc(F)c2nc(Cl)c(C(C)(C)C)cc2c1. The summed E-state index contributed by atoms with van der Waals surface area (Å²) >= 11 is 6.12. The van der Waals surface area contributed by atoms with Gasteiger partial charge in [0.25, 0.3) is 0 Å². The summed E-state index contributed by atoms with van der Waals surface area (Å²) in [6.45, 7) is 8.06. The van der Waals surface area contributed by atoms with Gasteiger partial charge in [0.05, 0.1) is 0 Å². The molecule has 0 radical (unpaired) electrons. The van der Waals surface area contributed by atoms with Crippen molar-refractivity contribution in [2.24, 2.45) is 0 Å². The normalized spacial score (nSPS) is 12.1. The number of rotatable bonds is 0. The molecule has 0 atom stereocenters. The molecular formula is C14H15ClFN. The summed E-state index contributed by atoms with van der Waals surface area (Å²) in [5.41, 5.74) is 2.07. The molecule has 3 heteroatoms. The Morgan fingerprint density at radius 3 is 2.41 bits per heavy atom. The fourth-order valence-corrected chi connectivity index (χ4v) is 2.31. The van der Waals surface area contributed by atoms with Gasteiger partial charge in [0.1, 0.15) is 16.5 Å². The summed E-state index contributed by atoms with van der Waals surface area (Å²) in [5.74, 6) is -0.317. The van der Waals surface area contributed by atoms with Crippen molar-refractivity contribution in [2.45, 2.75) is 33.1 Å². The standard InChI is InChI=1S/C14H15ClFN/c1-8-5-9-7-10(14(2,3)4)13(15)17-12(9)11(16)6-8/h5-7H,1-4H3. The van der Waals surface area contributed by atoms with Crippen molar-refractivity contribution in [2.75, 3.05) is 0 Å². The highest BCUT2D eigenvalue weighted by Crippen LogP contribution is 2.31. The largest absolute Gasteiger partial charge is 0.233 e. The number of pyridine rings is 1. The average Bonchev–Trinajstić information content (AvgIpc) is 2.16. The molecule has 1 aromatic carbocycles. The minimum absolute atomic E-state index is 0.0987. The van der Waals surface area contributed by atoms with Crippen LogP contribution in [0, 0.1) is 12.7 Å². The summed E-state index contributed by atoms with van der Waals surface area (Å²) in [4.78, 5) is 4.17.